The zero-order chi connectivity index (χ0) is 12.4. The van der Waals surface area contributed by atoms with Crippen LogP contribution in [0.25, 0.3) is 0 Å². The largest absolute Gasteiger partial charge is 0.382 e. The quantitative estimate of drug-likeness (QED) is 0.665. The molecule has 17 heavy (non-hydrogen) atoms. The molecule has 0 saturated carbocycles. The van der Waals surface area contributed by atoms with Gasteiger partial charge in [-0.3, -0.25) is 4.79 Å². The van der Waals surface area contributed by atoms with E-state index < -0.39 is 0 Å². The molecule has 0 bridgehead atoms. The van der Waals surface area contributed by atoms with Gasteiger partial charge in [-0.25, -0.2) is 4.98 Å². The van der Waals surface area contributed by atoms with Gasteiger partial charge in [0.05, 0.1) is 0 Å². The van der Waals surface area contributed by atoms with Crippen LogP contribution < -0.4 is 5.73 Å². The lowest BCUT2D eigenvalue weighted by molar-refractivity contribution is 0.103. The first-order valence-electron chi connectivity index (χ1n) is 5.11. The van der Waals surface area contributed by atoms with Crippen LogP contribution in [0.15, 0.2) is 35.5 Å². The molecule has 0 aliphatic rings. The molecule has 2 N–H and O–H groups in total. The lowest BCUT2D eigenvalue weighted by Crippen LogP contribution is -2.10. The zero-order valence-electron chi connectivity index (χ0n) is 9.68. The number of anilines is 1. The highest BCUT2D eigenvalue weighted by Gasteiger charge is 2.19. The summed E-state index contributed by atoms with van der Waals surface area (Å²) in [4.78, 5) is 16.4. The van der Waals surface area contributed by atoms with Gasteiger partial charge < -0.3 is 10.3 Å². The number of ketones is 1. The number of thioether (sulfide) groups is 1. The molecule has 2 rings (SSSR count). The van der Waals surface area contributed by atoms with Crippen molar-refractivity contribution in [1.82, 2.24) is 9.55 Å². The smallest absolute Gasteiger partial charge is 0.213 e. The second kappa shape index (κ2) is 4.63. The van der Waals surface area contributed by atoms with E-state index in [-0.39, 0.29) is 11.6 Å². The monoisotopic (exact) mass is 247 g/mol. The number of benzene rings is 1. The maximum absolute atomic E-state index is 12.3. The maximum atomic E-state index is 12.3. The van der Waals surface area contributed by atoms with E-state index in [1.165, 1.54) is 11.8 Å². The third-order valence-corrected chi connectivity index (χ3v) is 3.24. The molecule has 88 valence electrons. The van der Waals surface area contributed by atoms with Gasteiger partial charge in [-0.2, -0.15) is 0 Å². The van der Waals surface area contributed by atoms with Crippen molar-refractivity contribution in [2.45, 2.75) is 5.16 Å². The second-order valence-electron chi connectivity index (χ2n) is 3.59. The first kappa shape index (κ1) is 11.7. The van der Waals surface area contributed by atoms with Crippen molar-refractivity contribution in [3.05, 3.63) is 41.6 Å². The van der Waals surface area contributed by atoms with Gasteiger partial charge in [0.1, 0.15) is 5.69 Å². The summed E-state index contributed by atoms with van der Waals surface area (Å²) in [5.74, 6) is 0.184. The molecule has 0 atom stereocenters. The van der Waals surface area contributed by atoms with Crippen LogP contribution in [0.2, 0.25) is 0 Å². The Morgan fingerprint density at radius 3 is 2.53 bits per heavy atom. The van der Waals surface area contributed by atoms with E-state index in [0.717, 1.165) is 5.16 Å². The van der Waals surface area contributed by atoms with Crippen molar-refractivity contribution in [1.29, 1.82) is 0 Å². The fourth-order valence-electron chi connectivity index (χ4n) is 1.68. The summed E-state index contributed by atoms with van der Waals surface area (Å²) >= 11 is 1.46. The van der Waals surface area contributed by atoms with Crippen LogP contribution >= 0.6 is 11.8 Å². The molecular weight excluding hydrogens is 234 g/mol. The highest BCUT2D eigenvalue weighted by Crippen LogP contribution is 2.22. The summed E-state index contributed by atoms with van der Waals surface area (Å²) in [5, 5.41) is 0.738. The number of nitrogens with zero attached hydrogens (tertiary/aromatic N) is 2. The molecule has 0 spiro atoms. The predicted octanol–water partition coefficient (Wildman–Crippen LogP) is 1.96. The van der Waals surface area contributed by atoms with Gasteiger partial charge in [0.25, 0.3) is 0 Å². The van der Waals surface area contributed by atoms with E-state index in [1.54, 1.807) is 23.7 Å². The number of aromatic nitrogens is 2. The minimum Gasteiger partial charge on any atom is -0.382 e. The minimum absolute atomic E-state index is 0.0987. The summed E-state index contributed by atoms with van der Waals surface area (Å²) in [5.41, 5.74) is 6.86. The van der Waals surface area contributed by atoms with E-state index in [1.807, 2.05) is 24.5 Å². The van der Waals surface area contributed by atoms with Gasteiger partial charge in [0.2, 0.25) is 5.78 Å². The SMILES string of the molecule is CSc1nc(N)c(C(=O)c2ccccc2)n1C. The highest BCUT2D eigenvalue weighted by molar-refractivity contribution is 7.98. The first-order chi connectivity index (χ1) is 8.15. The molecule has 0 radical (unpaired) electrons. The zero-order valence-corrected chi connectivity index (χ0v) is 10.5. The van der Waals surface area contributed by atoms with Crippen LogP contribution in [0, 0.1) is 0 Å². The Morgan fingerprint density at radius 2 is 2.00 bits per heavy atom. The van der Waals surface area contributed by atoms with E-state index >= 15 is 0 Å². The lowest BCUT2D eigenvalue weighted by Gasteiger charge is -2.04. The Kier molecular flexibility index (Phi) is 3.19. The fourth-order valence-corrected chi connectivity index (χ4v) is 2.23. The van der Waals surface area contributed by atoms with Crippen molar-refractivity contribution >= 4 is 23.4 Å². The summed E-state index contributed by atoms with van der Waals surface area (Å²) in [6.45, 7) is 0. The number of nitrogens with two attached hydrogens (primary N) is 1. The van der Waals surface area contributed by atoms with Gasteiger partial charge in [0.15, 0.2) is 11.0 Å². The number of nitrogen functional groups attached to an aromatic ring is 1. The number of imidazole rings is 1. The van der Waals surface area contributed by atoms with Gasteiger partial charge in [-0.15, -0.1) is 0 Å². The van der Waals surface area contributed by atoms with E-state index in [4.69, 9.17) is 5.73 Å². The number of carbonyl (C=O) groups excluding carboxylic acids is 1. The summed E-state index contributed by atoms with van der Waals surface area (Å²) in [6, 6.07) is 9.07. The van der Waals surface area contributed by atoms with Gasteiger partial charge in [0, 0.05) is 12.6 Å². The average molecular weight is 247 g/mol. The van der Waals surface area contributed by atoms with Crippen LogP contribution in [-0.2, 0) is 7.05 Å². The van der Waals surface area contributed by atoms with Gasteiger partial charge in [-0.1, -0.05) is 42.1 Å². The molecule has 4 nitrogen and oxygen atoms in total. The lowest BCUT2D eigenvalue weighted by atomic mass is 10.1. The van der Waals surface area contributed by atoms with Crippen LogP contribution in [0.5, 0.6) is 0 Å². The number of carbonyl (C=O) groups is 1. The van der Waals surface area contributed by atoms with Gasteiger partial charge >= 0.3 is 0 Å². The molecule has 0 unspecified atom stereocenters. The normalized spacial score (nSPS) is 10.5. The molecule has 1 aromatic heterocycles. The summed E-state index contributed by atoms with van der Waals surface area (Å²) in [7, 11) is 1.80. The third-order valence-electron chi connectivity index (χ3n) is 2.51. The average Bonchev–Trinajstić information content (AvgIpc) is 2.64. The molecule has 1 heterocycles. The van der Waals surface area contributed by atoms with Crippen molar-refractivity contribution in [2.24, 2.45) is 7.05 Å². The number of rotatable bonds is 3. The summed E-state index contributed by atoms with van der Waals surface area (Å²) in [6.07, 6.45) is 1.90. The molecule has 1 aromatic carbocycles. The number of hydrogen-bond acceptors (Lipinski definition) is 4. The molecule has 0 fully saturated rings. The van der Waals surface area contributed by atoms with Crippen molar-refractivity contribution in [2.75, 3.05) is 12.0 Å². The molecule has 5 heteroatoms. The molecule has 2 aromatic rings. The van der Waals surface area contributed by atoms with Crippen molar-refractivity contribution in [3.8, 4) is 0 Å². The van der Waals surface area contributed by atoms with Crippen molar-refractivity contribution in [3.63, 3.8) is 0 Å². The second-order valence-corrected chi connectivity index (χ2v) is 4.36. The molecular formula is C12H13N3OS. The maximum Gasteiger partial charge on any atom is 0.213 e. The van der Waals surface area contributed by atoms with E-state index in [9.17, 15) is 4.79 Å². The Labute approximate surface area is 104 Å². The van der Waals surface area contributed by atoms with Crippen LogP contribution in [0.4, 0.5) is 5.82 Å². The fraction of sp³-hybridized carbons (Fsp3) is 0.167. The Bertz CT molecular complexity index is 548. The van der Waals surface area contributed by atoms with Crippen LogP contribution in [0.1, 0.15) is 16.1 Å². The van der Waals surface area contributed by atoms with Gasteiger partial charge in [-0.05, 0) is 6.26 Å². The van der Waals surface area contributed by atoms with E-state index in [0.29, 0.717) is 11.3 Å². The summed E-state index contributed by atoms with van der Waals surface area (Å²) < 4.78 is 1.73. The predicted molar refractivity (Wildman–Crippen MR) is 69.3 cm³/mol. The van der Waals surface area contributed by atoms with E-state index in [2.05, 4.69) is 4.98 Å². The Morgan fingerprint density at radius 1 is 1.35 bits per heavy atom. The molecule has 0 aliphatic heterocycles. The Balaban J connectivity index is 2.48. The third kappa shape index (κ3) is 2.06. The topological polar surface area (TPSA) is 60.9 Å². The molecule has 0 aliphatic carbocycles. The van der Waals surface area contributed by atoms with Crippen LogP contribution in [-0.4, -0.2) is 21.6 Å². The molecule has 0 saturated heterocycles. The first-order valence-corrected chi connectivity index (χ1v) is 6.33. The number of hydrogen-bond donors (Lipinski definition) is 1. The highest BCUT2D eigenvalue weighted by atomic mass is 32.2. The molecule has 0 amide bonds. The minimum atomic E-state index is -0.0987. The van der Waals surface area contributed by atoms with Crippen LogP contribution in [0.3, 0.4) is 0 Å². The Hall–Kier alpha value is -1.75. The van der Waals surface area contributed by atoms with Crippen molar-refractivity contribution < 1.29 is 4.79 Å². The standard InChI is InChI=1S/C12H13N3OS/c1-15-9(11(13)14-12(15)17-2)10(16)8-6-4-3-5-7-8/h3-7H,13H2,1-2H3.